The fraction of sp³-hybridized carbons (Fsp3) is 0.600. The van der Waals surface area contributed by atoms with E-state index < -0.39 is 0 Å². The number of piperazine rings is 1. The van der Waals surface area contributed by atoms with Gasteiger partial charge in [0.2, 0.25) is 5.91 Å². The Hall–Kier alpha value is -2.68. The summed E-state index contributed by atoms with van der Waals surface area (Å²) in [5.41, 5.74) is 2.74. The Kier molecular flexibility index (Phi) is 5.40. The molecule has 0 radical (unpaired) electrons. The second kappa shape index (κ2) is 7.98. The summed E-state index contributed by atoms with van der Waals surface area (Å²) in [6.07, 6.45) is 0.259. The molecule has 0 aliphatic carbocycles. The highest BCUT2D eigenvalue weighted by Crippen LogP contribution is 2.19. The molecule has 156 valence electrons. The Morgan fingerprint density at radius 2 is 1.83 bits per heavy atom. The second-order valence-corrected chi connectivity index (χ2v) is 8.28. The highest BCUT2D eigenvalue weighted by molar-refractivity contribution is 5.94. The van der Waals surface area contributed by atoms with Gasteiger partial charge in [0.15, 0.2) is 5.82 Å². The van der Waals surface area contributed by atoms with Gasteiger partial charge in [0.25, 0.3) is 5.91 Å². The minimum absolute atomic E-state index is 0.0901. The van der Waals surface area contributed by atoms with Crippen LogP contribution in [0.1, 0.15) is 33.4 Å². The van der Waals surface area contributed by atoms with Gasteiger partial charge < -0.3 is 14.8 Å². The van der Waals surface area contributed by atoms with Crippen molar-refractivity contribution in [1.82, 2.24) is 34.9 Å². The van der Waals surface area contributed by atoms with Crippen LogP contribution < -0.4 is 0 Å². The monoisotopic (exact) mass is 399 g/mol. The quantitative estimate of drug-likeness (QED) is 0.763. The maximum absolute atomic E-state index is 12.7. The fourth-order valence-electron chi connectivity index (χ4n) is 4.21. The Morgan fingerprint density at radius 1 is 1.10 bits per heavy atom. The van der Waals surface area contributed by atoms with Crippen molar-refractivity contribution in [3.8, 4) is 0 Å². The van der Waals surface area contributed by atoms with Crippen molar-refractivity contribution in [3.63, 3.8) is 0 Å². The molecule has 9 nitrogen and oxygen atoms in total. The third-order valence-electron chi connectivity index (χ3n) is 5.80. The lowest BCUT2D eigenvalue weighted by Crippen LogP contribution is -2.57. The molecule has 4 heterocycles. The number of amides is 2. The summed E-state index contributed by atoms with van der Waals surface area (Å²) in [5, 5.41) is 6.80. The van der Waals surface area contributed by atoms with E-state index in [9.17, 15) is 9.59 Å². The number of carbonyl (C=O) groups excluding carboxylic acids is 2. The lowest BCUT2D eigenvalue weighted by molar-refractivity contribution is -0.137. The number of nitrogens with one attached hydrogen (secondary N) is 2. The van der Waals surface area contributed by atoms with Crippen LogP contribution in [0.3, 0.4) is 0 Å². The molecular weight excluding hydrogens is 370 g/mol. The maximum atomic E-state index is 12.7. The van der Waals surface area contributed by atoms with E-state index in [1.54, 1.807) is 0 Å². The van der Waals surface area contributed by atoms with Gasteiger partial charge in [-0.25, -0.2) is 4.98 Å². The summed E-state index contributed by atoms with van der Waals surface area (Å²) >= 11 is 0. The summed E-state index contributed by atoms with van der Waals surface area (Å²) < 4.78 is 0. The van der Waals surface area contributed by atoms with Crippen molar-refractivity contribution in [3.05, 3.63) is 34.7 Å². The first-order valence-corrected chi connectivity index (χ1v) is 10.2. The van der Waals surface area contributed by atoms with Crippen LogP contribution in [0.4, 0.5) is 0 Å². The van der Waals surface area contributed by atoms with Crippen molar-refractivity contribution < 1.29 is 9.59 Å². The molecular formula is C20H29N7O2. The predicted octanol–water partition coefficient (Wildman–Crippen LogP) is 0.517. The Morgan fingerprint density at radius 3 is 2.41 bits per heavy atom. The molecule has 2 N–H and O–H groups in total. The summed E-state index contributed by atoms with van der Waals surface area (Å²) in [6.45, 7) is 11.6. The van der Waals surface area contributed by atoms with Gasteiger partial charge in [-0.3, -0.25) is 19.6 Å². The number of carbonyl (C=O) groups is 2. The summed E-state index contributed by atoms with van der Waals surface area (Å²) in [7, 11) is 0. The van der Waals surface area contributed by atoms with E-state index in [0.717, 1.165) is 62.9 Å². The lowest BCUT2D eigenvalue weighted by atomic mass is 9.98. The first-order valence-electron chi connectivity index (χ1n) is 10.2. The first kappa shape index (κ1) is 19.6. The third-order valence-corrected chi connectivity index (χ3v) is 5.80. The van der Waals surface area contributed by atoms with Crippen LogP contribution in [0.5, 0.6) is 0 Å². The average molecular weight is 399 g/mol. The number of rotatable bonds is 5. The molecule has 4 rings (SSSR count). The number of nitrogens with zero attached hydrogens (tertiary/aromatic N) is 5. The Bertz CT molecular complexity index is 889. The number of aryl methyl sites for hydroxylation is 3. The molecule has 0 aromatic carbocycles. The van der Waals surface area contributed by atoms with Gasteiger partial charge in [-0.1, -0.05) is 0 Å². The maximum Gasteiger partial charge on any atom is 0.270 e. The van der Waals surface area contributed by atoms with Crippen molar-refractivity contribution in [1.29, 1.82) is 0 Å². The predicted molar refractivity (Wildman–Crippen MR) is 108 cm³/mol. The molecule has 0 spiro atoms. The molecule has 2 saturated heterocycles. The van der Waals surface area contributed by atoms with Gasteiger partial charge in [-0.05, 0) is 32.4 Å². The van der Waals surface area contributed by atoms with Gasteiger partial charge in [0, 0.05) is 57.4 Å². The molecule has 9 heteroatoms. The summed E-state index contributed by atoms with van der Waals surface area (Å²) in [4.78, 5) is 38.6. The zero-order chi connectivity index (χ0) is 20.5. The standard InChI is InChI=1S/C20H29N7O2/c1-13-8-14(2)21-19(13)20(29)26-6-4-25(5-7-26)10-16-11-27(12-16)18(28)9-17-22-15(3)23-24-17/h8,16,21H,4-7,9-12H2,1-3H3,(H,22,23,24). The molecule has 2 aliphatic heterocycles. The van der Waals surface area contributed by atoms with Crippen LogP contribution >= 0.6 is 0 Å². The van der Waals surface area contributed by atoms with E-state index in [2.05, 4.69) is 25.1 Å². The molecule has 2 fully saturated rings. The van der Waals surface area contributed by atoms with E-state index in [0.29, 0.717) is 17.4 Å². The van der Waals surface area contributed by atoms with Gasteiger partial charge in [-0.15, -0.1) is 0 Å². The Labute approximate surface area is 170 Å². The van der Waals surface area contributed by atoms with E-state index in [1.807, 2.05) is 36.6 Å². The lowest BCUT2D eigenvalue weighted by Gasteiger charge is -2.43. The highest BCUT2D eigenvalue weighted by Gasteiger charge is 2.33. The average Bonchev–Trinajstić information content (AvgIpc) is 3.21. The van der Waals surface area contributed by atoms with Crippen molar-refractivity contribution in [2.24, 2.45) is 5.92 Å². The summed E-state index contributed by atoms with van der Waals surface area (Å²) in [6, 6.07) is 2.01. The first-order chi connectivity index (χ1) is 13.9. The van der Waals surface area contributed by atoms with Gasteiger partial charge in [0.1, 0.15) is 11.5 Å². The number of aromatic amines is 2. The molecule has 2 amide bonds. The number of hydrogen-bond donors (Lipinski definition) is 2. The number of likely N-dealkylation sites (tertiary alicyclic amines) is 1. The zero-order valence-corrected chi connectivity index (χ0v) is 17.4. The van der Waals surface area contributed by atoms with E-state index >= 15 is 0 Å². The van der Waals surface area contributed by atoms with Crippen LogP contribution in [0.2, 0.25) is 0 Å². The van der Waals surface area contributed by atoms with Crippen LogP contribution in [-0.4, -0.2) is 92.5 Å². The number of hydrogen-bond acceptors (Lipinski definition) is 5. The highest BCUT2D eigenvalue weighted by atomic mass is 16.2. The van der Waals surface area contributed by atoms with Crippen LogP contribution in [0.15, 0.2) is 6.07 Å². The molecule has 0 saturated carbocycles. The van der Waals surface area contributed by atoms with E-state index in [1.165, 1.54) is 0 Å². The molecule has 2 aromatic heterocycles. The number of aromatic nitrogens is 4. The van der Waals surface area contributed by atoms with E-state index in [4.69, 9.17) is 0 Å². The Balaban J connectivity index is 1.19. The van der Waals surface area contributed by atoms with E-state index in [-0.39, 0.29) is 18.2 Å². The van der Waals surface area contributed by atoms with Gasteiger partial charge in [0.05, 0.1) is 6.42 Å². The fourth-order valence-corrected chi connectivity index (χ4v) is 4.21. The molecule has 29 heavy (non-hydrogen) atoms. The van der Waals surface area contributed by atoms with Crippen LogP contribution in [0.25, 0.3) is 0 Å². The smallest absolute Gasteiger partial charge is 0.270 e. The minimum Gasteiger partial charge on any atom is -0.354 e. The minimum atomic E-state index is 0.0901. The SMILES string of the molecule is Cc1cc(C)c(C(=O)N2CCN(CC3CN(C(=O)Cc4n[nH]c(C)n4)C3)CC2)[nH]1. The van der Waals surface area contributed by atoms with Gasteiger partial charge >= 0.3 is 0 Å². The van der Waals surface area contributed by atoms with Crippen LogP contribution in [-0.2, 0) is 11.2 Å². The van der Waals surface area contributed by atoms with Crippen molar-refractivity contribution >= 4 is 11.8 Å². The summed E-state index contributed by atoms with van der Waals surface area (Å²) in [5.74, 6) is 1.98. The molecule has 2 aromatic rings. The number of H-pyrrole nitrogens is 2. The van der Waals surface area contributed by atoms with Gasteiger partial charge in [-0.2, -0.15) is 5.10 Å². The van der Waals surface area contributed by atoms with Crippen molar-refractivity contribution in [2.45, 2.75) is 27.2 Å². The molecule has 0 bridgehead atoms. The van der Waals surface area contributed by atoms with Crippen LogP contribution in [0, 0.1) is 26.7 Å². The molecule has 0 atom stereocenters. The molecule has 2 aliphatic rings. The largest absolute Gasteiger partial charge is 0.354 e. The topological polar surface area (TPSA) is 101 Å². The molecule has 0 unspecified atom stereocenters. The zero-order valence-electron chi connectivity index (χ0n) is 17.4. The normalized spacial score (nSPS) is 18.2. The van der Waals surface area contributed by atoms with Crippen molar-refractivity contribution in [2.75, 3.05) is 45.8 Å². The third kappa shape index (κ3) is 4.34. The second-order valence-electron chi connectivity index (χ2n) is 8.28.